The summed E-state index contributed by atoms with van der Waals surface area (Å²) in [4.78, 5) is 33.1. The van der Waals surface area contributed by atoms with Crippen molar-refractivity contribution in [3.63, 3.8) is 0 Å². The van der Waals surface area contributed by atoms with Gasteiger partial charge in [0.1, 0.15) is 5.41 Å². The fourth-order valence-electron chi connectivity index (χ4n) is 1.58. The number of nitro benzene ring substituents is 1. The molecule has 2 N–H and O–H groups in total. The molecule has 0 aromatic heterocycles. The molecule has 1 amide bonds. The molecule has 0 unspecified atom stereocenters. The van der Waals surface area contributed by atoms with Gasteiger partial charge in [0, 0.05) is 18.6 Å². The second-order valence-electron chi connectivity index (χ2n) is 5.47. The number of non-ortho nitro benzene ring substituents is 1. The van der Waals surface area contributed by atoms with Crippen LogP contribution in [0.1, 0.15) is 39.2 Å². The first-order valence-corrected chi connectivity index (χ1v) is 7.02. The predicted octanol–water partition coefficient (Wildman–Crippen LogP) is 2.80. The Morgan fingerprint density at radius 1 is 1.39 bits per heavy atom. The summed E-state index contributed by atoms with van der Waals surface area (Å²) in [5.41, 5.74) is -0.966. The first-order chi connectivity index (χ1) is 10.7. The summed E-state index contributed by atoms with van der Waals surface area (Å²) in [5.74, 6) is 3.85. The quantitative estimate of drug-likeness (QED) is 0.493. The van der Waals surface area contributed by atoms with Crippen molar-refractivity contribution in [2.45, 2.75) is 33.6 Å². The lowest BCUT2D eigenvalue weighted by Crippen LogP contribution is -2.21. The number of hydrogen-bond donors (Lipinski definition) is 2. The largest absolute Gasteiger partial charge is 0.480 e. The Hall–Kier alpha value is -2.88. The number of carbonyl (C=O) groups excluding carboxylic acids is 1. The minimum atomic E-state index is -1.31. The lowest BCUT2D eigenvalue weighted by Gasteiger charge is -2.10. The van der Waals surface area contributed by atoms with Crippen molar-refractivity contribution in [3.05, 3.63) is 33.9 Å². The molecule has 0 aliphatic heterocycles. The summed E-state index contributed by atoms with van der Waals surface area (Å²) in [6, 6.07) is 3.87. The maximum Gasteiger partial charge on any atom is 0.321 e. The van der Waals surface area contributed by atoms with Crippen molar-refractivity contribution in [2.75, 3.05) is 5.32 Å². The Morgan fingerprint density at radius 3 is 2.57 bits per heavy atom. The maximum absolute atomic E-state index is 11.7. The third-order valence-corrected chi connectivity index (χ3v) is 3.01. The number of nitrogens with one attached hydrogen (secondary N) is 1. The lowest BCUT2D eigenvalue weighted by molar-refractivity contribution is -0.384. The number of carbonyl (C=O) groups is 2. The number of amides is 1. The first-order valence-electron chi connectivity index (χ1n) is 7.02. The van der Waals surface area contributed by atoms with E-state index in [1.165, 1.54) is 32.0 Å². The number of rotatable bonds is 5. The summed E-state index contributed by atoms with van der Waals surface area (Å²) in [5, 5.41) is 22.6. The van der Waals surface area contributed by atoms with Crippen molar-refractivity contribution < 1.29 is 19.6 Å². The van der Waals surface area contributed by atoms with Gasteiger partial charge in [-0.05, 0) is 26.3 Å². The van der Waals surface area contributed by atoms with E-state index < -0.39 is 16.3 Å². The number of carboxylic acids is 1. The Balaban J connectivity index is 3.27. The van der Waals surface area contributed by atoms with E-state index in [4.69, 9.17) is 5.11 Å². The van der Waals surface area contributed by atoms with Crippen LogP contribution < -0.4 is 5.32 Å². The summed E-state index contributed by atoms with van der Waals surface area (Å²) < 4.78 is 0. The van der Waals surface area contributed by atoms with E-state index in [0.717, 1.165) is 0 Å². The molecular formula is C16H18N2O5. The smallest absolute Gasteiger partial charge is 0.321 e. The highest BCUT2D eigenvalue weighted by molar-refractivity contribution is 5.92. The van der Waals surface area contributed by atoms with Gasteiger partial charge in [0.2, 0.25) is 5.91 Å². The van der Waals surface area contributed by atoms with Gasteiger partial charge in [-0.25, -0.2) is 0 Å². The van der Waals surface area contributed by atoms with Crippen molar-refractivity contribution in [1.29, 1.82) is 0 Å². The summed E-state index contributed by atoms with van der Waals surface area (Å²) in [7, 11) is 0. The van der Waals surface area contributed by atoms with E-state index >= 15 is 0 Å². The zero-order valence-electron chi connectivity index (χ0n) is 13.2. The van der Waals surface area contributed by atoms with Gasteiger partial charge in [-0.2, -0.15) is 0 Å². The SMILES string of the molecule is CCCC(=O)Nc1ccc([N+](=O)[O-])cc1C#CC(C)(C)C(=O)O. The van der Waals surface area contributed by atoms with Gasteiger partial charge < -0.3 is 10.4 Å². The van der Waals surface area contributed by atoms with Crippen LogP contribution in [0, 0.1) is 27.4 Å². The molecular weight excluding hydrogens is 300 g/mol. The Morgan fingerprint density at radius 2 is 2.04 bits per heavy atom. The van der Waals surface area contributed by atoms with Gasteiger partial charge in [-0.1, -0.05) is 18.8 Å². The van der Waals surface area contributed by atoms with E-state index in [1.54, 1.807) is 0 Å². The van der Waals surface area contributed by atoms with Crippen molar-refractivity contribution in [2.24, 2.45) is 5.41 Å². The van der Waals surface area contributed by atoms with Crippen LogP contribution in [0.2, 0.25) is 0 Å². The number of nitrogens with zero attached hydrogens (tertiary/aromatic N) is 1. The summed E-state index contributed by atoms with van der Waals surface area (Å²) >= 11 is 0. The molecule has 0 spiro atoms. The van der Waals surface area contributed by atoms with Crippen molar-refractivity contribution in [3.8, 4) is 11.8 Å². The minimum absolute atomic E-state index is 0.184. The molecule has 0 fully saturated rings. The number of aliphatic carboxylic acids is 1. The molecule has 1 rings (SSSR count). The molecule has 0 bridgehead atoms. The van der Waals surface area contributed by atoms with Crippen LogP contribution in [-0.2, 0) is 9.59 Å². The van der Waals surface area contributed by atoms with Crippen molar-refractivity contribution in [1.82, 2.24) is 0 Å². The fraction of sp³-hybridized carbons (Fsp3) is 0.375. The number of benzene rings is 1. The number of anilines is 1. The van der Waals surface area contributed by atoms with Gasteiger partial charge in [-0.3, -0.25) is 19.7 Å². The Labute approximate surface area is 133 Å². The molecule has 0 atom stereocenters. The minimum Gasteiger partial charge on any atom is -0.480 e. The third-order valence-electron chi connectivity index (χ3n) is 3.01. The fourth-order valence-corrected chi connectivity index (χ4v) is 1.58. The molecule has 1 aromatic rings. The molecule has 0 aliphatic rings. The molecule has 1 aromatic carbocycles. The van der Waals surface area contributed by atoms with Crippen LogP contribution in [0.15, 0.2) is 18.2 Å². The van der Waals surface area contributed by atoms with Crippen molar-refractivity contribution >= 4 is 23.3 Å². The monoisotopic (exact) mass is 318 g/mol. The molecule has 0 aliphatic carbocycles. The highest BCUT2D eigenvalue weighted by Crippen LogP contribution is 2.23. The molecule has 122 valence electrons. The third kappa shape index (κ3) is 5.11. The van der Waals surface area contributed by atoms with Crippen LogP contribution in [0.5, 0.6) is 0 Å². The maximum atomic E-state index is 11.7. The topological polar surface area (TPSA) is 110 Å². The van der Waals surface area contributed by atoms with E-state index in [2.05, 4.69) is 17.2 Å². The first kappa shape index (κ1) is 18.2. The standard InChI is InChI=1S/C16H18N2O5/c1-4-5-14(19)17-13-7-6-12(18(22)23)10-11(13)8-9-16(2,3)15(20)21/h6-7,10H,4-5H2,1-3H3,(H,17,19)(H,20,21). The predicted molar refractivity (Wildman–Crippen MR) is 84.9 cm³/mol. The zero-order valence-corrected chi connectivity index (χ0v) is 13.2. The van der Waals surface area contributed by atoms with Gasteiger partial charge >= 0.3 is 5.97 Å². The number of carboxylic acid groups (broad SMARTS) is 1. The van der Waals surface area contributed by atoms with E-state index in [-0.39, 0.29) is 17.2 Å². The number of hydrogen-bond acceptors (Lipinski definition) is 4. The van der Waals surface area contributed by atoms with E-state index in [0.29, 0.717) is 18.5 Å². The Kier molecular flexibility index (Phi) is 5.85. The van der Waals surface area contributed by atoms with Crippen LogP contribution in [0.25, 0.3) is 0 Å². The Bertz CT molecular complexity index is 698. The highest BCUT2D eigenvalue weighted by Gasteiger charge is 2.24. The second kappa shape index (κ2) is 7.40. The van der Waals surface area contributed by atoms with Gasteiger partial charge in [0.25, 0.3) is 5.69 Å². The van der Waals surface area contributed by atoms with Crippen LogP contribution >= 0.6 is 0 Å². The highest BCUT2D eigenvalue weighted by atomic mass is 16.6. The normalized spacial score (nSPS) is 10.4. The summed E-state index contributed by atoms with van der Waals surface area (Å²) in [6.07, 6.45) is 0.969. The van der Waals surface area contributed by atoms with Gasteiger partial charge in [-0.15, -0.1) is 0 Å². The second-order valence-corrected chi connectivity index (χ2v) is 5.47. The molecule has 0 saturated heterocycles. The molecule has 0 radical (unpaired) electrons. The van der Waals surface area contributed by atoms with Gasteiger partial charge in [0.05, 0.1) is 16.2 Å². The number of nitro groups is 1. The molecule has 7 nitrogen and oxygen atoms in total. The van der Waals surface area contributed by atoms with Gasteiger partial charge in [0.15, 0.2) is 0 Å². The van der Waals surface area contributed by atoms with E-state index in [9.17, 15) is 19.7 Å². The zero-order chi connectivity index (χ0) is 17.6. The molecule has 7 heteroatoms. The van der Waals surface area contributed by atoms with E-state index in [1.807, 2.05) is 6.92 Å². The average molecular weight is 318 g/mol. The molecule has 0 heterocycles. The molecule has 0 saturated carbocycles. The molecule has 23 heavy (non-hydrogen) atoms. The van der Waals surface area contributed by atoms with Crippen LogP contribution in [0.4, 0.5) is 11.4 Å². The van der Waals surface area contributed by atoms with Crippen LogP contribution in [-0.4, -0.2) is 21.9 Å². The van der Waals surface area contributed by atoms with Crippen LogP contribution in [0.3, 0.4) is 0 Å². The average Bonchev–Trinajstić information content (AvgIpc) is 2.46. The lowest BCUT2D eigenvalue weighted by atomic mass is 9.94. The summed E-state index contributed by atoms with van der Waals surface area (Å²) in [6.45, 7) is 4.70.